The van der Waals surface area contributed by atoms with Gasteiger partial charge in [0.1, 0.15) is 6.07 Å². The average molecular weight is 855 g/mol. The van der Waals surface area contributed by atoms with Crippen molar-refractivity contribution < 1.29 is 13.2 Å². The van der Waals surface area contributed by atoms with E-state index < -0.39 is 11.7 Å². The first-order valence-corrected chi connectivity index (χ1v) is 20.2. The van der Waals surface area contributed by atoms with E-state index in [0.717, 1.165) is 33.2 Å². The Bertz CT molecular complexity index is 4020. The zero-order valence-corrected chi connectivity index (χ0v) is 34.1. The maximum atomic E-state index is 15.3. The van der Waals surface area contributed by atoms with Crippen LogP contribution < -0.4 is 0 Å². The molecule has 306 valence electrons. The van der Waals surface area contributed by atoms with Crippen LogP contribution in [0.25, 0.3) is 98.1 Å². The van der Waals surface area contributed by atoms with Gasteiger partial charge in [-0.3, -0.25) is 0 Å². The van der Waals surface area contributed by atoms with Crippen molar-refractivity contribution in [2.75, 3.05) is 0 Å². The number of halogens is 3. The average Bonchev–Trinajstić information content (AvgIpc) is 3.87. The van der Waals surface area contributed by atoms with Gasteiger partial charge in [0.2, 0.25) is 0 Å². The van der Waals surface area contributed by atoms with Gasteiger partial charge in [0.05, 0.1) is 92.6 Å². The molecule has 0 saturated heterocycles. The molecule has 0 radical (unpaired) electrons. The van der Waals surface area contributed by atoms with Crippen LogP contribution >= 0.6 is 0 Å². The highest BCUT2D eigenvalue weighted by Crippen LogP contribution is 2.46. The van der Waals surface area contributed by atoms with Crippen LogP contribution in [0.2, 0.25) is 0 Å². The number of nitriles is 4. The zero-order chi connectivity index (χ0) is 45.9. The number of hydrogen-bond donors (Lipinski definition) is 0. The molecule has 10 aromatic rings. The van der Waals surface area contributed by atoms with Crippen molar-refractivity contribution in [2.45, 2.75) is 6.18 Å². The molecule has 0 amide bonds. The first kappa shape index (κ1) is 40.2. The monoisotopic (exact) mass is 854 g/mol. The number of fused-ring (bicyclic) bond motifs is 6. The third-order valence-electron chi connectivity index (χ3n) is 11.9. The van der Waals surface area contributed by atoms with Crippen molar-refractivity contribution in [2.24, 2.45) is 0 Å². The van der Waals surface area contributed by atoms with E-state index in [1.807, 2.05) is 100 Å². The Kier molecular flexibility index (Phi) is 9.41. The number of aromatic nitrogens is 2. The van der Waals surface area contributed by atoms with E-state index in [9.17, 15) is 21.0 Å². The summed E-state index contributed by atoms with van der Waals surface area (Å²) < 4.78 is 49.6. The second kappa shape index (κ2) is 15.5. The Morgan fingerprint density at radius 3 is 1.56 bits per heavy atom. The Morgan fingerprint density at radius 2 is 0.985 bits per heavy atom. The van der Waals surface area contributed by atoms with E-state index in [1.54, 1.807) is 42.5 Å². The lowest BCUT2D eigenvalue weighted by Gasteiger charge is -2.21. The minimum Gasteiger partial charge on any atom is -0.309 e. The normalized spacial score (nSPS) is 11.2. The van der Waals surface area contributed by atoms with Crippen molar-refractivity contribution in [3.05, 3.63) is 202 Å². The molecule has 0 aliphatic carbocycles. The van der Waals surface area contributed by atoms with Crippen LogP contribution in [0, 0.1) is 58.5 Å². The van der Waals surface area contributed by atoms with Crippen LogP contribution in [0.1, 0.15) is 27.8 Å². The summed E-state index contributed by atoms with van der Waals surface area (Å²) in [7, 11) is 0. The van der Waals surface area contributed by atoms with E-state index in [0.29, 0.717) is 66.9 Å². The van der Waals surface area contributed by atoms with Gasteiger partial charge in [-0.05, 0) is 101 Å². The van der Waals surface area contributed by atoms with Crippen LogP contribution in [0.3, 0.4) is 0 Å². The van der Waals surface area contributed by atoms with Gasteiger partial charge in [0.25, 0.3) is 0 Å². The molecular weight excluding hydrogens is 830 g/mol. The number of rotatable bonds is 5. The highest BCUT2D eigenvalue weighted by Gasteiger charge is 2.35. The lowest BCUT2D eigenvalue weighted by Crippen LogP contribution is -2.10. The maximum absolute atomic E-state index is 15.3. The fourth-order valence-electron chi connectivity index (χ4n) is 9.02. The number of nitrogens with zero attached hydrogens (tertiary/aromatic N) is 8. The van der Waals surface area contributed by atoms with E-state index >= 15 is 13.2 Å². The molecule has 0 spiro atoms. The van der Waals surface area contributed by atoms with Crippen LogP contribution in [-0.4, -0.2) is 9.13 Å². The topological polar surface area (TPSA) is 114 Å². The van der Waals surface area contributed by atoms with Crippen molar-refractivity contribution in [1.82, 2.24) is 9.13 Å². The summed E-state index contributed by atoms with van der Waals surface area (Å²) in [4.78, 5) is 7.16. The Balaban J connectivity index is 1.29. The molecule has 0 aliphatic heterocycles. The molecule has 0 bridgehead atoms. The van der Waals surface area contributed by atoms with Gasteiger partial charge in [-0.1, -0.05) is 78.9 Å². The van der Waals surface area contributed by atoms with Gasteiger partial charge < -0.3 is 9.13 Å². The molecule has 0 atom stereocenters. The van der Waals surface area contributed by atoms with Crippen molar-refractivity contribution in [1.29, 1.82) is 21.0 Å². The summed E-state index contributed by atoms with van der Waals surface area (Å²) in [5.41, 5.74) is 5.96. The first-order chi connectivity index (χ1) is 32.1. The second-order valence-electron chi connectivity index (χ2n) is 15.4. The van der Waals surface area contributed by atoms with Gasteiger partial charge in [-0.15, -0.1) is 0 Å². The Hall–Kier alpha value is -9.91. The third-order valence-corrected chi connectivity index (χ3v) is 11.9. The standard InChI is InChI=1S/C55H25F3N8/c1-63-38-15-18-40(48(26-38)64-2)35-14-20-51-45(24-35)42-7-3-5-9-49(42)65(51)53-27-46(41-17-12-33(29-60)22-47(41)55(56,57)58)54(25-37(53)31-62)66-50-10-6-4-8-43(50)44-23-34(13-19-52(44)66)39-16-11-32(28-59)21-36(39)30-61/h3-27H. The predicted octanol–water partition coefficient (Wildman–Crippen LogP) is 14.5. The molecule has 11 heteroatoms. The minimum absolute atomic E-state index is 0.135. The first-order valence-electron chi connectivity index (χ1n) is 20.2. The third kappa shape index (κ3) is 6.34. The number of benzene rings is 8. The molecule has 0 saturated carbocycles. The predicted molar refractivity (Wildman–Crippen MR) is 248 cm³/mol. The summed E-state index contributed by atoms with van der Waals surface area (Å²) in [5.74, 6) is 0. The molecule has 0 unspecified atom stereocenters. The molecule has 8 nitrogen and oxygen atoms in total. The van der Waals surface area contributed by atoms with Crippen molar-refractivity contribution >= 4 is 55.0 Å². The smallest absolute Gasteiger partial charge is 0.309 e. The van der Waals surface area contributed by atoms with E-state index in [2.05, 4.69) is 27.9 Å². The van der Waals surface area contributed by atoms with E-state index in [1.165, 1.54) is 18.2 Å². The molecule has 2 heterocycles. The summed E-state index contributed by atoms with van der Waals surface area (Å²) in [6.45, 7) is 15.3. The highest BCUT2D eigenvalue weighted by atomic mass is 19.4. The van der Waals surface area contributed by atoms with Gasteiger partial charge in [0.15, 0.2) is 11.4 Å². The Labute approximate surface area is 374 Å². The van der Waals surface area contributed by atoms with Gasteiger partial charge in [-0.25, -0.2) is 9.69 Å². The molecule has 0 fully saturated rings. The van der Waals surface area contributed by atoms with Gasteiger partial charge >= 0.3 is 6.18 Å². The van der Waals surface area contributed by atoms with Crippen LogP contribution in [-0.2, 0) is 6.18 Å². The molecule has 0 aliphatic rings. The summed E-state index contributed by atoms with van der Waals surface area (Å²) in [6, 6.07) is 51.1. The lowest BCUT2D eigenvalue weighted by molar-refractivity contribution is -0.137. The quantitative estimate of drug-likeness (QED) is 0.160. The summed E-state index contributed by atoms with van der Waals surface area (Å²) in [6.07, 6.45) is -4.89. The molecule has 2 aromatic heterocycles. The van der Waals surface area contributed by atoms with Crippen LogP contribution in [0.5, 0.6) is 0 Å². The zero-order valence-electron chi connectivity index (χ0n) is 34.1. The van der Waals surface area contributed by atoms with E-state index in [-0.39, 0.29) is 27.9 Å². The fraction of sp³-hybridized carbons (Fsp3) is 0.0182. The summed E-state index contributed by atoms with van der Waals surface area (Å²) in [5, 5.41) is 43.4. The molecule has 10 rings (SSSR count). The highest BCUT2D eigenvalue weighted by molar-refractivity contribution is 6.13. The SMILES string of the molecule is [C-]#[N+]c1ccc(-c2ccc3c(c2)c2ccccc2n3-c2cc(-c3ccc(C#N)cc3C(F)(F)F)c(-n3c4ccccc4c4cc(-c5ccc(C#N)cc5C#N)ccc43)cc2C#N)c([N+]#[C-])c1. The number of alkyl halides is 3. The Morgan fingerprint density at radius 1 is 0.439 bits per heavy atom. The maximum Gasteiger partial charge on any atom is 0.417 e. The largest absolute Gasteiger partial charge is 0.417 e. The fourth-order valence-corrected chi connectivity index (χ4v) is 9.02. The molecule has 0 N–H and O–H groups in total. The van der Waals surface area contributed by atoms with Gasteiger partial charge in [0, 0.05) is 27.1 Å². The van der Waals surface area contributed by atoms with E-state index in [4.69, 9.17) is 13.1 Å². The van der Waals surface area contributed by atoms with Crippen molar-refractivity contribution in [3.8, 4) is 69.0 Å². The minimum atomic E-state index is -4.89. The van der Waals surface area contributed by atoms with Crippen molar-refractivity contribution in [3.63, 3.8) is 0 Å². The van der Waals surface area contributed by atoms with Crippen LogP contribution in [0.4, 0.5) is 24.5 Å². The molecule has 66 heavy (non-hydrogen) atoms. The lowest BCUT2D eigenvalue weighted by atomic mass is 9.93. The molecule has 8 aromatic carbocycles. The number of hydrogen-bond acceptors (Lipinski definition) is 4. The number of para-hydroxylation sites is 2. The van der Waals surface area contributed by atoms with Crippen LogP contribution in [0.15, 0.2) is 152 Å². The second-order valence-corrected chi connectivity index (χ2v) is 15.4. The molecular formula is C55H25F3N8. The summed E-state index contributed by atoms with van der Waals surface area (Å²) >= 11 is 0. The van der Waals surface area contributed by atoms with Gasteiger partial charge in [-0.2, -0.15) is 34.2 Å².